The highest BCUT2D eigenvalue weighted by Crippen LogP contribution is 2.51. The SMILES string of the molecule is CN(C[C@H]1O[C@@H](n2cnc3c(NC4CCCC4)nc(Cl)nc32)[C@H](O)[C@@H]1O)C(=O)CP1(=O)Nc2ccccc2CO1. The molecule has 2 aromatic heterocycles. The number of nitrogens with one attached hydrogen (secondary N) is 2. The fourth-order valence-corrected chi connectivity index (χ4v) is 7.38. The number of imidazole rings is 1. The first kappa shape index (κ1) is 27.4. The lowest BCUT2D eigenvalue weighted by atomic mass is 10.1. The molecular formula is C25H31ClN7O6P. The van der Waals surface area contributed by atoms with Crippen molar-refractivity contribution in [3.8, 4) is 0 Å². The van der Waals surface area contributed by atoms with Crippen LogP contribution < -0.4 is 10.4 Å². The standard InChI is InChI=1S/C25H31ClN7O6P/c1-32(18(34)12-40(37)31-16-9-5-2-6-14(16)11-38-40)10-17-20(35)21(36)24(39-17)33-13-27-19-22(28-15-7-3-4-8-15)29-25(26)30-23(19)33/h2,5-6,9,13,15,17,20-21,24,35-36H,3-4,7-8,10-12H2,1H3,(H,31,37)(H,28,29,30)/t17-,20-,21-,24-,40?/m1/s1. The lowest BCUT2D eigenvalue weighted by Crippen LogP contribution is -2.42. The summed E-state index contributed by atoms with van der Waals surface area (Å²) in [5.74, 6) is 0.0470. The number of benzene rings is 1. The van der Waals surface area contributed by atoms with E-state index in [9.17, 15) is 19.6 Å². The maximum atomic E-state index is 13.2. The average Bonchev–Trinajstić information content (AvgIpc) is 3.65. The summed E-state index contributed by atoms with van der Waals surface area (Å²) in [6.45, 7) is 0.0844. The minimum atomic E-state index is -3.47. The van der Waals surface area contributed by atoms with Crippen LogP contribution in [-0.4, -0.2) is 84.6 Å². The number of carbonyl (C=O) groups excluding carboxylic acids is 1. The number of aliphatic hydroxyl groups excluding tert-OH is 2. The Morgan fingerprint density at radius 3 is 2.83 bits per heavy atom. The highest BCUT2D eigenvalue weighted by Gasteiger charge is 2.45. The fraction of sp³-hybridized carbons (Fsp3) is 0.520. The van der Waals surface area contributed by atoms with Crippen molar-refractivity contribution in [3.63, 3.8) is 0 Å². The molecule has 6 rings (SSSR count). The van der Waals surface area contributed by atoms with Crippen LogP contribution in [0.4, 0.5) is 11.5 Å². The average molecular weight is 592 g/mol. The van der Waals surface area contributed by atoms with Crippen molar-refractivity contribution in [2.24, 2.45) is 0 Å². The van der Waals surface area contributed by atoms with Gasteiger partial charge >= 0.3 is 7.52 Å². The molecule has 5 atom stereocenters. The number of halogens is 1. The summed E-state index contributed by atoms with van der Waals surface area (Å²) in [4.78, 5) is 27.3. The highest BCUT2D eigenvalue weighted by atomic mass is 35.5. The van der Waals surface area contributed by atoms with E-state index < -0.39 is 38.0 Å². The number of aromatic nitrogens is 4. The molecule has 1 saturated carbocycles. The zero-order valence-corrected chi connectivity index (χ0v) is 23.5. The van der Waals surface area contributed by atoms with Gasteiger partial charge in [0.15, 0.2) is 23.2 Å². The number of ether oxygens (including phenoxy) is 1. The molecule has 1 unspecified atom stereocenters. The number of rotatable bonds is 7. The molecule has 0 radical (unpaired) electrons. The predicted octanol–water partition coefficient (Wildman–Crippen LogP) is 2.75. The molecule has 1 saturated heterocycles. The van der Waals surface area contributed by atoms with Crippen molar-refractivity contribution in [3.05, 3.63) is 41.4 Å². The van der Waals surface area contributed by atoms with E-state index in [-0.39, 0.29) is 30.6 Å². The van der Waals surface area contributed by atoms with Gasteiger partial charge in [-0.15, -0.1) is 0 Å². The van der Waals surface area contributed by atoms with Crippen molar-refractivity contribution in [1.82, 2.24) is 24.4 Å². The molecule has 40 heavy (non-hydrogen) atoms. The maximum absolute atomic E-state index is 13.2. The van der Waals surface area contributed by atoms with E-state index in [4.69, 9.17) is 20.9 Å². The van der Waals surface area contributed by atoms with Crippen LogP contribution in [0.1, 0.15) is 37.5 Å². The summed E-state index contributed by atoms with van der Waals surface area (Å²) in [7, 11) is -1.95. The molecule has 3 aromatic rings. The number of fused-ring (bicyclic) bond motifs is 2. The lowest BCUT2D eigenvalue weighted by Gasteiger charge is -2.29. The minimum absolute atomic E-state index is 0.0145. The zero-order valence-electron chi connectivity index (χ0n) is 21.8. The van der Waals surface area contributed by atoms with Crippen LogP contribution in [0, 0.1) is 0 Å². The van der Waals surface area contributed by atoms with Gasteiger partial charge in [0.05, 0.1) is 12.9 Å². The Bertz CT molecular complexity index is 1470. The van der Waals surface area contributed by atoms with Crippen LogP contribution in [0.2, 0.25) is 5.28 Å². The number of hydrogen-bond acceptors (Lipinski definition) is 10. The van der Waals surface area contributed by atoms with Crippen LogP contribution in [0.25, 0.3) is 11.2 Å². The third kappa shape index (κ3) is 5.29. The molecule has 1 aromatic carbocycles. The van der Waals surface area contributed by atoms with Crippen molar-refractivity contribution in [2.75, 3.05) is 30.2 Å². The molecule has 2 aliphatic heterocycles. The Kier molecular flexibility index (Phi) is 7.45. The fourth-order valence-electron chi connectivity index (χ4n) is 5.45. The first-order valence-corrected chi connectivity index (χ1v) is 15.4. The summed E-state index contributed by atoms with van der Waals surface area (Å²) in [5.41, 5.74) is 2.35. The second kappa shape index (κ2) is 10.9. The molecule has 0 spiro atoms. The predicted molar refractivity (Wildman–Crippen MR) is 147 cm³/mol. The summed E-state index contributed by atoms with van der Waals surface area (Å²) in [5, 5.41) is 28.0. The number of anilines is 2. The summed E-state index contributed by atoms with van der Waals surface area (Å²) in [6.07, 6.45) is 0.830. The second-order valence-corrected chi connectivity index (χ2v) is 13.0. The van der Waals surface area contributed by atoms with Gasteiger partial charge in [-0.1, -0.05) is 31.0 Å². The van der Waals surface area contributed by atoms with Crippen LogP contribution >= 0.6 is 19.1 Å². The quantitative estimate of drug-likeness (QED) is 0.236. The lowest BCUT2D eigenvalue weighted by molar-refractivity contribution is -0.130. The molecule has 3 aliphatic rings. The van der Waals surface area contributed by atoms with Gasteiger partial charge in [0.1, 0.15) is 24.5 Å². The Balaban J connectivity index is 1.14. The Labute approximate surface area is 235 Å². The number of para-hydroxylation sites is 1. The summed E-state index contributed by atoms with van der Waals surface area (Å²) < 4.78 is 26.3. The summed E-state index contributed by atoms with van der Waals surface area (Å²) in [6, 6.07) is 7.58. The van der Waals surface area contributed by atoms with Crippen LogP contribution in [0.5, 0.6) is 0 Å². The van der Waals surface area contributed by atoms with Crippen molar-refractivity contribution >= 4 is 47.7 Å². The molecule has 15 heteroatoms. The molecule has 0 bridgehead atoms. The van der Waals surface area contributed by atoms with Gasteiger partial charge in [0.25, 0.3) is 0 Å². The first-order valence-electron chi connectivity index (χ1n) is 13.2. The molecule has 4 N–H and O–H groups in total. The van der Waals surface area contributed by atoms with Gasteiger partial charge in [-0.2, -0.15) is 9.97 Å². The number of hydrogen-bond donors (Lipinski definition) is 4. The van der Waals surface area contributed by atoms with Gasteiger partial charge in [-0.25, -0.2) is 4.98 Å². The normalized spacial score (nSPS) is 28.4. The number of likely N-dealkylation sites (N-methyl/N-ethyl adjacent to an activating group) is 1. The number of amides is 1. The monoisotopic (exact) mass is 591 g/mol. The zero-order chi connectivity index (χ0) is 28.0. The first-order chi connectivity index (χ1) is 19.2. The Hall–Kier alpha value is -2.80. The van der Waals surface area contributed by atoms with Crippen LogP contribution in [-0.2, 0) is 25.2 Å². The highest BCUT2D eigenvalue weighted by molar-refractivity contribution is 7.61. The van der Waals surface area contributed by atoms with E-state index in [0.717, 1.165) is 31.2 Å². The van der Waals surface area contributed by atoms with E-state index in [0.29, 0.717) is 22.7 Å². The van der Waals surface area contributed by atoms with Gasteiger partial charge in [-0.3, -0.25) is 13.9 Å². The molecule has 4 heterocycles. The molecule has 2 fully saturated rings. The summed E-state index contributed by atoms with van der Waals surface area (Å²) >= 11 is 6.22. The number of carbonyl (C=O) groups is 1. The van der Waals surface area contributed by atoms with Crippen LogP contribution in [0.3, 0.4) is 0 Å². The van der Waals surface area contributed by atoms with Gasteiger partial charge < -0.3 is 34.8 Å². The topological polar surface area (TPSA) is 164 Å². The van der Waals surface area contributed by atoms with E-state index in [1.165, 1.54) is 22.8 Å². The van der Waals surface area contributed by atoms with E-state index in [2.05, 4.69) is 25.4 Å². The van der Waals surface area contributed by atoms with Crippen molar-refractivity contribution in [1.29, 1.82) is 0 Å². The van der Waals surface area contributed by atoms with E-state index >= 15 is 0 Å². The van der Waals surface area contributed by atoms with Crippen molar-refractivity contribution < 1.29 is 28.8 Å². The molecule has 1 aliphatic carbocycles. The Morgan fingerprint density at radius 2 is 2.02 bits per heavy atom. The van der Waals surface area contributed by atoms with Gasteiger partial charge in [-0.05, 0) is 30.5 Å². The Morgan fingerprint density at radius 1 is 1.25 bits per heavy atom. The van der Waals surface area contributed by atoms with Gasteiger partial charge in [0, 0.05) is 30.9 Å². The third-order valence-electron chi connectivity index (χ3n) is 7.66. The third-order valence-corrected chi connectivity index (χ3v) is 9.64. The van der Waals surface area contributed by atoms with Crippen LogP contribution in [0.15, 0.2) is 30.6 Å². The van der Waals surface area contributed by atoms with Gasteiger partial charge in [0.2, 0.25) is 11.2 Å². The maximum Gasteiger partial charge on any atom is 0.303 e. The van der Waals surface area contributed by atoms with Crippen molar-refractivity contribution in [2.45, 2.75) is 62.9 Å². The minimum Gasteiger partial charge on any atom is -0.387 e. The smallest absolute Gasteiger partial charge is 0.303 e. The molecular weight excluding hydrogens is 561 g/mol. The number of nitrogens with zero attached hydrogens (tertiary/aromatic N) is 5. The van der Waals surface area contributed by atoms with E-state index in [1.807, 2.05) is 18.2 Å². The molecule has 1 amide bonds. The van der Waals surface area contributed by atoms with E-state index in [1.54, 1.807) is 6.07 Å². The molecule has 13 nitrogen and oxygen atoms in total. The molecule has 214 valence electrons. The second-order valence-electron chi connectivity index (χ2n) is 10.5. The largest absolute Gasteiger partial charge is 0.387 e. The number of aliphatic hydroxyl groups is 2.